The fourth-order valence-electron chi connectivity index (χ4n) is 8.07. The lowest BCUT2D eigenvalue weighted by Crippen LogP contribution is -2.18. The number of benzene rings is 7. The normalized spacial score (nSPS) is 16.4. The molecule has 50 heavy (non-hydrogen) atoms. The van der Waals surface area contributed by atoms with Crippen molar-refractivity contribution in [1.29, 1.82) is 0 Å². The molecule has 0 fully saturated rings. The second-order valence-electron chi connectivity index (χ2n) is 13.7. The molecule has 0 radical (unpaired) electrons. The Morgan fingerprint density at radius 1 is 0.420 bits per heavy atom. The molecule has 0 heterocycles. The minimum atomic E-state index is -2.91. The summed E-state index contributed by atoms with van der Waals surface area (Å²) in [6, 6.07) is 54.5. The van der Waals surface area contributed by atoms with Crippen molar-refractivity contribution in [2.45, 2.75) is 45.8 Å². The zero-order valence-electron chi connectivity index (χ0n) is 33.5. The van der Waals surface area contributed by atoms with Gasteiger partial charge in [0, 0.05) is 37.5 Å². The van der Waals surface area contributed by atoms with Crippen LogP contribution in [-0.4, -0.2) is 0 Å². The van der Waals surface area contributed by atoms with Gasteiger partial charge in [0.05, 0.1) is 0 Å². The van der Waals surface area contributed by atoms with Gasteiger partial charge in [-0.1, -0.05) is 162 Å². The van der Waals surface area contributed by atoms with Crippen LogP contribution in [0.4, 0.5) is 17.1 Å². The largest absolute Gasteiger partial charge is 0.310 e. The highest BCUT2D eigenvalue weighted by molar-refractivity contribution is 5.94. The van der Waals surface area contributed by atoms with Crippen LogP contribution in [0.1, 0.15) is 66.9 Å². The molecule has 0 unspecified atom stereocenters. The van der Waals surface area contributed by atoms with Gasteiger partial charge in [0.1, 0.15) is 0 Å². The van der Waals surface area contributed by atoms with E-state index < -0.39 is 19.1 Å². The molecule has 2 aliphatic carbocycles. The summed E-state index contributed by atoms with van der Waals surface area (Å²) in [5, 5.41) is 0. The van der Waals surface area contributed by atoms with E-state index in [-0.39, 0.29) is 19.8 Å². The lowest BCUT2D eigenvalue weighted by Gasteiger charge is -2.30. The molecule has 0 atom stereocenters. The summed E-state index contributed by atoms with van der Waals surface area (Å²) in [6.45, 7) is -1.31. The van der Waals surface area contributed by atoms with Crippen molar-refractivity contribution < 1.29 is 9.65 Å². The average Bonchev–Trinajstić information content (AvgIpc) is 3.62. The Hall–Kier alpha value is -5.66. The van der Waals surface area contributed by atoms with Crippen molar-refractivity contribution in [3.05, 3.63) is 186 Å². The summed E-state index contributed by atoms with van der Waals surface area (Å²) in [4.78, 5) is 2.12. The molecule has 246 valence electrons. The molecule has 7 aromatic carbocycles. The first-order valence-corrected chi connectivity index (χ1v) is 16.9. The van der Waals surface area contributed by atoms with E-state index in [1.54, 1.807) is 12.1 Å². The summed E-state index contributed by atoms with van der Waals surface area (Å²) in [6.07, 6.45) is 0. The molecule has 0 bridgehead atoms. The third-order valence-corrected chi connectivity index (χ3v) is 10.5. The van der Waals surface area contributed by atoms with E-state index in [1.165, 1.54) is 22.3 Å². The van der Waals surface area contributed by atoms with E-state index in [1.807, 2.05) is 72.8 Å². The van der Waals surface area contributed by atoms with Gasteiger partial charge < -0.3 is 4.90 Å². The zero-order chi connectivity index (χ0) is 38.3. The SMILES string of the molecule is C.[2H]C([2H])([2H])C1(C([2H])([2H])[2H])c2cc(N(c3ccc(-c4ccccc4)cc3)c3ccc4c(c3)C(C)(C)c3ccccc3-4)ccc2-c2c(-c3ccccc3)cccc21.[HH]. The summed E-state index contributed by atoms with van der Waals surface area (Å²) in [7, 11) is 0. The van der Waals surface area contributed by atoms with Crippen LogP contribution in [0.5, 0.6) is 0 Å². The van der Waals surface area contributed by atoms with E-state index in [9.17, 15) is 0 Å². The van der Waals surface area contributed by atoms with E-state index in [2.05, 4.69) is 97.6 Å². The summed E-state index contributed by atoms with van der Waals surface area (Å²) >= 11 is 0. The maximum Gasteiger partial charge on any atom is 0.0465 e. The third kappa shape index (κ3) is 4.76. The van der Waals surface area contributed by atoms with Gasteiger partial charge >= 0.3 is 0 Å². The first kappa shape index (κ1) is 25.3. The lowest BCUT2D eigenvalue weighted by atomic mass is 9.81. The monoisotopic (exact) mass is 653 g/mol. The van der Waals surface area contributed by atoms with Crippen LogP contribution in [-0.2, 0) is 10.8 Å². The summed E-state index contributed by atoms with van der Waals surface area (Å²) in [5.41, 5.74) is 10.5. The van der Waals surface area contributed by atoms with Crippen molar-refractivity contribution in [3.8, 4) is 44.5 Å². The number of nitrogens with zero attached hydrogens (tertiary/aromatic N) is 1. The van der Waals surface area contributed by atoms with E-state index in [0.29, 0.717) is 22.4 Å². The topological polar surface area (TPSA) is 3.24 Å². The van der Waals surface area contributed by atoms with E-state index >= 15 is 0 Å². The van der Waals surface area contributed by atoms with Crippen LogP contribution >= 0.6 is 0 Å². The number of hydrogen-bond acceptors (Lipinski definition) is 1. The third-order valence-electron chi connectivity index (χ3n) is 10.5. The van der Waals surface area contributed by atoms with Crippen molar-refractivity contribution in [1.82, 2.24) is 0 Å². The highest BCUT2D eigenvalue weighted by Crippen LogP contribution is 2.54. The number of hydrogen-bond donors (Lipinski definition) is 0. The molecule has 0 spiro atoms. The summed E-state index contributed by atoms with van der Waals surface area (Å²) < 4.78 is 54.2. The van der Waals surface area contributed by atoms with Gasteiger partial charge in [0.15, 0.2) is 0 Å². The molecule has 0 N–H and O–H groups in total. The van der Waals surface area contributed by atoms with Crippen LogP contribution < -0.4 is 4.90 Å². The molecular formula is C49H45N. The molecule has 0 saturated heterocycles. The number of rotatable bonds is 5. The van der Waals surface area contributed by atoms with Crippen molar-refractivity contribution >= 4 is 17.1 Å². The van der Waals surface area contributed by atoms with Gasteiger partial charge in [-0.3, -0.25) is 0 Å². The zero-order valence-corrected chi connectivity index (χ0v) is 27.5. The maximum absolute atomic E-state index is 9.03. The molecule has 7 aromatic rings. The minimum absolute atomic E-state index is 0. The fourth-order valence-corrected chi connectivity index (χ4v) is 8.07. The Bertz CT molecular complexity index is 2580. The molecule has 1 nitrogen and oxygen atoms in total. The lowest BCUT2D eigenvalue weighted by molar-refractivity contribution is 0.660. The molecule has 0 amide bonds. The molecule has 1 heteroatoms. The molecular weight excluding hydrogens is 603 g/mol. The second-order valence-corrected chi connectivity index (χ2v) is 13.7. The van der Waals surface area contributed by atoms with Gasteiger partial charge in [-0.2, -0.15) is 0 Å². The van der Waals surface area contributed by atoms with Crippen molar-refractivity contribution in [2.75, 3.05) is 4.90 Å². The van der Waals surface area contributed by atoms with Crippen LogP contribution in [0.2, 0.25) is 0 Å². The second kappa shape index (κ2) is 11.7. The average molecular weight is 654 g/mol. The minimum Gasteiger partial charge on any atom is -0.310 e. The predicted octanol–water partition coefficient (Wildman–Crippen LogP) is 14.0. The smallest absolute Gasteiger partial charge is 0.0465 e. The van der Waals surface area contributed by atoms with Crippen LogP contribution in [0, 0.1) is 0 Å². The Kier molecular flexibility index (Phi) is 5.95. The highest BCUT2D eigenvalue weighted by Gasteiger charge is 2.38. The standard InChI is InChI=1S/C48H39N.CH4.H2/c1-47(2)42-20-12-11-18-39(42)40-28-26-36(30-44(40)47)49(35-24-22-33(23-25-35)32-14-7-5-8-15-32)37-27-29-41-45(31-37)48(3,4)43-21-13-19-38(46(41)43)34-16-9-6-10-17-34;;/h5-31H,1-4H3;1H4;1H/i3D3,4D3;;. The Balaban J connectivity index is 0.00000248. The van der Waals surface area contributed by atoms with Crippen LogP contribution in [0.15, 0.2) is 164 Å². The van der Waals surface area contributed by atoms with Gasteiger partial charge in [-0.25, -0.2) is 0 Å². The summed E-state index contributed by atoms with van der Waals surface area (Å²) in [5.74, 6) is 0. The van der Waals surface area contributed by atoms with Gasteiger partial charge in [0.25, 0.3) is 0 Å². The van der Waals surface area contributed by atoms with E-state index in [4.69, 9.17) is 8.22 Å². The maximum atomic E-state index is 9.03. The molecule has 0 aliphatic heterocycles. The highest BCUT2D eigenvalue weighted by atomic mass is 15.1. The Morgan fingerprint density at radius 3 is 1.60 bits per heavy atom. The first-order chi connectivity index (χ1) is 26.3. The van der Waals surface area contributed by atoms with E-state index in [0.717, 1.165) is 33.6 Å². The fraction of sp³-hybridized carbons (Fsp3) is 0.143. The Morgan fingerprint density at radius 2 is 0.920 bits per heavy atom. The van der Waals surface area contributed by atoms with Crippen LogP contribution in [0.25, 0.3) is 44.5 Å². The van der Waals surface area contributed by atoms with Crippen molar-refractivity contribution in [2.24, 2.45) is 0 Å². The van der Waals surface area contributed by atoms with Gasteiger partial charge in [0.2, 0.25) is 0 Å². The van der Waals surface area contributed by atoms with Gasteiger partial charge in [-0.15, -0.1) is 0 Å². The van der Waals surface area contributed by atoms with Crippen LogP contribution in [0.3, 0.4) is 0 Å². The molecule has 0 saturated carbocycles. The molecule has 0 aromatic heterocycles. The number of fused-ring (bicyclic) bond motifs is 6. The van der Waals surface area contributed by atoms with Gasteiger partial charge in [-0.05, 0) is 103 Å². The predicted molar refractivity (Wildman–Crippen MR) is 216 cm³/mol. The quantitative estimate of drug-likeness (QED) is 0.179. The first-order valence-electron chi connectivity index (χ1n) is 19.9. The number of anilines is 3. The molecule has 2 aliphatic rings. The Labute approximate surface area is 307 Å². The molecule has 9 rings (SSSR count). The van der Waals surface area contributed by atoms with Crippen molar-refractivity contribution in [3.63, 3.8) is 0 Å².